The maximum absolute atomic E-state index is 3.53. The molecule has 1 saturated heterocycles. The average Bonchev–Trinajstić information content (AvgIpc) is 2.27. The largest absolute Gasteiger partial charge is 0.315 e. The predicted octanol–water partition coefficient (Wildman–Crippen LogP) is 0.620. The van der Waals surface area contributed by atoms with E-state index in [9.17, 15) is 0 Å². The first kappa shape index (κ1) is 12.0. The number of hydrogen-bond acceptors (Lipinski definition) is 3. The van der Waals surface area contributed by atoms with Crippen LogP contribution < -0.4 is 5.32 Å². The van der Waals surface area contributed by atoms with E-state index in [0.29, 0.717) is 6.04 Å². The molecule has 0 aliphatic carbocycles. The highest BCUT2D eigenvalue weighted by molar-refractivity contribution is 4.83. The molecule has 1 aliphatic heterocycles. The van der Waals surface area contributed by atoms with Crippen molar-refractivity contribution in [2.24, 2.45) is 0 Å². The van der Waals surface area contributed by atoms with Crippen molar-refractivity contribution in [3.63, 3.8) is 0 Å². The van der Waals surface area contributed by atoms with Crippen molar-refractivity contribution < 1.29 is 0 Å². The molecular weight excluding hydrogens is 174 g/mol. The smallest absolute Gasteiger partial charge is 0.0350 e. The highest BCUT2D eigenvalue weighted by atomic mass is 15.2. The summed E-state index contributed by atoms with van der Waals surface area (Å²) >= 11 is 0. The zero-order valence-corrected chi connectivity index (χ0v) is 10.1. The van der Waals surface area contributed by atoms with E-state index in [1.165, 1.54) is 19.5 Å². The topological polar surface area (TPSA) is 18.5 Å². The molecule has 3 nitrogen and oxygen atoms in total. The second kappa shape index (κ2) is 5.69. The van der Waals surface area contributed by atoms with Crippen molar-refractivity contribution in [2.45, 2.75) is 32.4 Å². The van der Waals surface area contributed by atoms with Gasteiger partial charge in [0.25, 0.3) is 0 Å². The fourth-order valence-corrected chi connectivity index (χ4v) is 2.38. The molecule has 1 heterocycles. The quantitative estimate of drug-likeness (QED) is 0.719. The van der Waals surface area contributed by atoms with E-state index in [0.717, 1.165) is 19.1 Å². The Balaban J connectivity index is 2.57. The van der Waals surface area contributed by atoms with Gasteiger partial charge in [0.1, 0.15) is 0 Å². The zero-order valence-electron chi connectivity index (χ0n) is 10.1. The third-order valence-electron chi connectivity index (χ3n) is 3.10. The molecule has 3 heteroatoms. The second-order valence-electron chi connectivity index (χ2n) is 4.59. The number of hydrogen-bond donors (Lipinski definition) is 1. The highest BCUT2D eigenvalue weighted by Gasteiger charge is 2.24. The molecule has 1 rings (SSSR count). The van der Waals surface area contributed by atoms with Crippen molar-refractivity contribution >= 4 is 0 Å². The molecule has 1 aliphatic rings. The van der Waals surface area contributed by atoms with Crippen LogP contribution in [-0.2, 0) is 0 Å². The first-order chi connectivity index (χ1) is 6.65. The SMILES string of the molecule is CCN1C(C)CCNCC1CN(C)C. The van der Waals surface area contributed by atoms with Crippen LogP contribution in [0.5, 0.6) is 0 Å². The van der Waals surface area contributed by atoms with Crippen LogP contribution in [0.1, 0.15) is 20.3 Å². The van der Waals surface area contributed by atoms with Gasteiger partial charge < -0.3 is 10.2 Å². The van der Waals surface area contributed by atoms with Gasteiger partial charge >= 0.3 is 0 Å². The van der Waals surface area contributed by atoms with E-state index in [4.69, 9.17) is 0 Å². The van der Waals surface area contributed by atoms with Crippen LogP contribution in [-0.4, -0.2) is 62.2 Å². The Bertz CT molecular complexity index is 159. The summed E-state index contributed by atoms with van der Waals surface area (Å²) in [6.07, 6.45) is 1.28. The molecule has 2 atom stereocenters. The molecule has 0 spiro atoms. The van der Waals surface area contributed by atoms with E-state index in [2.05, 4.69) is 43.1 Å². The molecule has 0 saturated carbocycles. The standard InChI is InChI=1S/C11H25N3/c1-5-14-10(2)6-7-12-8-11(14)9-13(3)4/h10-12H,5-9H2,1-4H3. The van der Waals surface area contributed by atoms with Gasteiger partial charge in [-0.15, -0.1) is 0 Å². The van der Waals surface area contributed by atoms with Gasteiger partial charge in [0.05, 0.1) is 0 Å². The maximum Gasteiger partial charge on any atom is 0.0350 e. The fourth-order valence-electron chi connectivity index (χ4n) is 2.38. The lowest BCUT2D eigenvalue weighted by Gasteiger charge is -2.34. The molecule has 0 radical (unpaired) electrons. The van der Waals surface area contributed by atoms with Gasteiger partial charge in [0, 0.05) is 25.2 Å². The van der Waals surface area contributed by atoms with Crippen LogP contribution in [0.4, 0.5) is 0 Å². The third kappa shape index (κ3) is 3.23. The summed E-state index contributed by atoms with van der Waals surface area (Å²) in [5.74, 6) is 0. The molecule has 0 aromatic rings. The van der Waals surface area contributed by atoms with Crippen molar-refractivity contribution in [2.75, 3.05) is 40.3 Å². The van der Waals surface area contributed by atoms with Gasteiger partial charge in [-0.25, -0.2) is 0 Å². The van der Waals surface area contributed by atoms with E-state index < -0.39 is 0 Å². The Hall–Kier alpha value is -0.120. The van der Waals surface area contributed by atoms with Gasteiger partial charge in [0.15, 0.2) is 0 Å². The summed E-state index contributed by atoms with van der Waals surface area (Å²) in [6.45, 7) is 9.24. The Morgan fingerprint density at radius 1 is 1.43 bits per heavy atom. The molecule has 14 heavy (non-hydrogen) atoms. The van der Waals surface area contributed by atoms with Gasteiger partial charge in [-0.1, -0.05) is 6.92 Å². The van der Waals surface area contributed by atoms with Crippen LogP contribution in [0, 0.1) is 0 Å². The Labute approximate surface area is 88.5 Å². The van der Waals surface area contributed by atoms with Crippen molar-refractivity contribution in [1.29, 1.82) is 0 Å². The first-order valence-corrected chi connectivity index (χ1v) is 5.76. The van der Waals surface area contributed by atoms with Crippen LogP contribution in [0.3, 0.4) is 0 Å². The normalized spacial score (nSPS) is 30.6. The van der Waals surface area contributed by atoms with Gasteiger partial charge in [-0.2, -0.15) is 0 Å². The summed E-state index contributed by atoms with van der Waals surface area (Å²) < 4.78 is 0. The molecule has 2 unspecified atom stereocenters. The van der Waals surface area contributed by atoms with Crippen molar-refractivity contribution in [1.82, 2.24) is 15.1 Å². The Morgan fingerprint density at radius 3 is 2.71 bits per heavy atom. The van der Waals surface area contributed by atoms with Crippen LogP contribution in [0.25, 0.3) is 0 Å². The summed E-state index contributed by atoms with van der Waals surface area (Å²) in [7, 11) is 4.31. The molecule has 1 fully saturated rings. The summed E-state index contributed by atoms with van der Waals surface area (Å²) in [5.41, 5.74) is 0. The molecular formula is C11H25N3. The number of nitrogens with zero attached hydrogens (tertiary/aromatic N) is 2. The summed E-state index contributed by atoms with van der Waals surface area (Å²) in [6, 6.07) is 1.40. The lowest BCUT2D eigenvalue weighted by molar-refractivity contribution is 0.136. The van der Waals surface area contributed by atoms with Gasteiger partial charge in [0.2, 0.25) is 0 Å². The molecule has 0 aromatic carbocycles. The molecule has 84 valence electrons. The lowest BCUT2D eigenvalue weighted by Crippen LogP contribution is -2.48. The third-order valence-corrected chi connectivity index (χ3v) is 3.10. The van der Waals surface area contributed by atoms with Crippen molar-refractivity contribution in [3.05, 3.63) is 0 Å². The molecule has 1 N–H and O–H groups in total. The van der Waals surface area contributed by atoms with Crippen molar-refractivity contribution in [3.8, 4) is 0 Å². The number of likely N-dealkylation sites (N-methyl/N-ethyl adjacent to an activating group) is 2. The fraction of sp³-hybridized carbons (Fsp3) is 1.00. The maximum atomic E-state index is 3.53. The number of nitrogens with one attached hydrogen (secondary N) is 1. The lowest BCUT2D eigenvalue weighted by atomic mass is 10.1. The first-order valence-electron chi connectivity index (χ1n) is 5.76. The number of rotatable bonds is 3. The Kier molecular flexibility index (Phi) is 4.85. The minimum absolute atomic E-state index is 0.674. The van der Waals surface area contributed by atoms with Gasteiger partial charge in [-0.05, 0) is 40.5 Å². The minimum atomic E-state index is 0.674. The summed E-state index contributed by atoms with van der Waals surface area (Å²) in [4.78, 5) is 4.91. The Morgan fingerprint density at radius 2 is 2.14 bits per heavy atom. The molecule has 0 aromatic heterocycles. The minimum Gasteiger partial charge on any atom is -0.315 e. The van der Waals surface area contributed by atoms with E-state index in [1.807, 2.05) is 0 Å². The second-order valence-corrected chi connectivity index (χ2v) is 4.59. The monoisotopic (exact) mass is 199 g/mol. The zero-order chi connectivity index (χ0) is 10.6. The average molecular weight is 199 g/mol. The van der Waals surface area contributed by atoms with Crippen LogP contribution in [0.2, 0.25) is 0 Å². The van der Waals surface area contributed by atoms with Crippen LogP contribution >= 0.6 is 0 Å². The predicted molar refractivity (Wildman–Crippen MR) is 61.7 cm³/mol. The molecule has 0 amide bonds. The molecule has 0 bridgehead atoms. The van der Waals surface area contributed by atoms with E-state index >= 15 is 0 Å². The van der Waals surface area contributed by atoms with E-state index in [-0.39, 0.29) is 0 Å². The summed E-state index contributed by atoms with van der Waals surface area (Å²) in [5, 5.41) is 3.53. The van der Waals surface area contributed by atoms with E-state index in [1.54, 1.807) is 0 Å². The highest BCUT2D eigenvalue weighted by Crippen LogP contribution is 2.11. The van der Waals surface area contributed by atoms with Gasteiger partial charge in [-0.3, -0.25) is 4.90 Å². The van der Waals surface area contributed by atoms with Crippen LogP contribution in [0.15, 0.2) is 0 Å².